The van der Waals surface area contributed by atoms with Gasteiger partial charge in [0.2, 0.25) is 0 Å². The summed E-state index contributed by atoms with van der Waals surface area (Å²) in [5.41, 5.74) is 9.71. The Balaban J connectivity index is 0.00000544. The number of hydrogen-bond acceptors (Lipinski definition) is 2. The molecule has 0 spiro atoms. The van der Waals surface area contributed by atoms with Crippen molar-refractivity contribution in [2.45, 2.75) is 106 Å². The van der Waals surface area contributed by atoms with E-state index in [0.29, 0.717) is 23.7 Å². The summed E-state index contributed by atoms with van der Waals surface area (Å²) in [5.74, 6) is 1.73. The average molecular weight is 491 g/mol. The van der Waals surface area contributed by atoms with Gasteiger partial charge in [0.05, 0.1) is 22.8 Å². The molecule has 0 saturated carbocycles. The Hall–Kier alpha value is -1.73. The molecule has 0 bridgehead atoms. The molecule has 0 atom stereocenters. The van der Waals surface area contributed by atoms with E-state index in [1.165, 1.54) is 22.3 Å². The molecule has 0 radical (unpaired) electrons. The Morgan fingerprint density at radius 1 is 0.636 bits per heavy atom. The van der Waals surface area contributed by atoms with Crippen LogP contribution < -0.4 is 0 Å². The van der Waals surface area contributed by atoms with Crippen molar-refractivity contribution >= 4 is 22.8 Å². The predicted molar refractivity (Wildman–Crippen MR) is 144 cm³/mol. The van der Waals surface area contributed by atoms with Gasteiger partial charge in [-0.15, -0.1) is 0 Å². The van der Waals surface area contributed by atoms with Crippen LogP contribution in [0.5, 0.6) is 0 Å². The zero-order valence-corrected chi connectivity index (χ0v) is 23.4. The average Bonchev–Trinajstić information content (AvgIpc) is 2.72. The number of rotatable bonds is 9. The normalized spacial score (nSPS) is 12.8. The van der Waals surface area contributed by atoms with E-state index in [-0.39, 0.29) is 16.5 Å². The molecule has 0 N–H and O–H groups in total. The number of benzene rings is 2. The largest absolute Gasteiger partial charge is 2.00 e. The van der Waals surface area contributed by atoms with E-state index in [2.05, 4.69) is 106 Å². The third kappa shape index (κ3) is 7.38. The molecule has 182 valence electrons. The van der Waals surface area contributed by atoms with E-state index in [1.54, 1.807) is 0 Å². The fraction of sp³-hybridized carbons (Fsp3) is 0.533. The second kappa shape index (κ2) is 13.2. The van der Waals surface area contributed by atoms with Crippen LogP contribution in [0.25, 0.3) is 0 Å². The van der Waals surface area contributed by atoms with E-state index in [9.17, 15) is 0 Å². The summed E-state index contributed by atoms with van der Waals surface area (Å²) in [6.45, 7) is 22.4. The minimum absolute atomic E-state index is 0. The molecule has 0 saturated heterocycles. The molecule has 0 aromatic heterocycles. The molecule has 0 aliphatic rings. The number of hydrogen-bond donors (Lipinski definition) is 0. The van der Waals surface area contributed by atoms with Crippen LogP contribution >= 0.6 is 0 Å². The molecular weight excluding hydrogens is 447 g/mol. The number of aliphatic imine (C=N–C) groups is 2. The SMILES string of the molecule is CCCC(=Nc1c(C(C)C)cccc1C(C)C)C(C)=Nc1c(C(C)C)cccc1C(C)C.[Ni+2]. The van der Waals surface area contributed by atoms with Crippen LogP contribution in [0.3, 0.4) is 0 Å². The van der Waals surface area contributed by atoms with Crippen LogP contribution in [0.1, 0.15) is 128 Å². The fourth-order valence-electron chi connectivity index (χ4n) is 4.20. The third-order valence-electron chi connectivity index (χ3n) is 6.12. The van der Waals surface area contributed by atoms with Crippen LogP contribution in [0.15, 0.2) is 46.4 Å². The van der Waals surface area contributed by atoms with Crippen molar-refractivity contribution in [1.29, 1.82) is 0 Å². The molecule has 0 unspecified atom stereocenters. The molecule has 3 heteroatoms. The van der Waals surface area contributed by atoms with Gasteiger partial charge in [-0.2, -0.15) is 0 Å². The van der Waals surface area contributed by atoms with Gasteiger partial charge in [0, 0.05) is 0 Å². The van der Waals surface area contributed by atoms with Gasteiger partial charge >= 0.3 is 16.5 Å². The Morgan fingerprint density at radius 3 is 1.27 bits per heavy atom. The zero-order chi connectivity index (χ0) is 24.0. The summed E-state index contributed by atoms with van der Waals surface area (Å²) in [5, 5.41) is 0. The van der Waals surface area contributed by atoms with Crippen LogP contribution in [-0.4, -0.2) is 11.4 Å². The van der Waals surface area contributed by atoms with Crippen molar-refractivity contribution in [1.82, 2.24) is 0 Å². The molecular formula is C30H44N2Ni+2. The van der Waals surface area contributed by atoms with E-state index >= 15 is 0 Å². The standard InChI is InChI=1S/C30H44N2.Ni/c1-11-14-28(32-30-26(21(6)7)17-13-18-27(30)22(8)9)23(10)31-29-24(19(2)3)15-12-16-25(29)20(4)5;/h12-13,15-22H,11,14H2,1-10H3;/q;+2. The first kappa shape index (κ1) is 29.3. The molecule has 2 nitrogen and oxygen atoms in total. The molecule has 2 aromatic rings. The molecule has 2 aromatic carbocycles. The van der Waals surface area contributed by atoms with Crippen LogP contribution in [-0.2, 0) is 16.5 Å². The first-order valence-corrected chi connectivity index (χ1v) is 12.5. The van der Waals surface area contributed by atoms with Crippen molar-refractivity contribution in [2.75, 3.05) is 0 Å². The minimum atomic E-state index is 0. The number of nitrogens with zero attached hydrogens (tertiary/aromatic N) is 2. The number of para-hydroxylation sites is 2. The minimum Gasteiger partial charge on any atom is -0.251 e. The third-order valence-corrected chi connectivity index (χ3v) is 6.12. The predicted octanol–water partition coefficient (Wildman–Crippen LogP) is 9.84. The van der Waals surface area contributed by atoms with Gasteiger partial charge in [-0.05, 0) is 59.3 Å². The van der Waals surface area contributed by atoms with Gasteiger partial charge in [-0.25, -0.2) is 0 Å². The molecule has 0 aliphatic carbocycles. The van der Waals surface area contributed by atoms with E-state index in [1.807, 2.05) is 0 Å². The van der Waals surface area contributed by atoms with Crippen molar-refractivity contribution in [3.8, 4) is 0 Å². The van der Waals surface area contributed by atoms with Gasteiger partial charge < -0.3 is 0 Å². The summed E-state index contributed by atoms with van der Waals surface area (Å²) >= 11 is 0. The summed E-state index contributed by atoms with van der Waals surface area (Å²) in [7, 11) is 0. The second-order valence-electron chi connectivity index (χ2n) is 10.2. The first-order chi connectivity index (χ1) is 15.1. The first-order valence-electron chi connectivity index (χ1n) is 12.5. The Labute approximate surface area is 213 Å². The van der Waals surface area contributed by atoms with Crippen molar-refractivity contribution < 1.29 is 16.5 Å². The molecule has 2 rings (SSSR count). The Kier molecular flexibility index (Phi) is 11.8. The molecule has 33 heavy (non-hydrogen) atoms. The molecule has 0 amide bonds. The summed E-state index contributed by atoms with van der Waals surface area (Å²) < 4.78 is 0. The fourth-order valence-corrected chi connectivity index (χ4v) is 4.20. The van der Waals surface area contributed by atoms with Crippen LogP contribution in [0, 0.1) is 0 Å². The maximum Gasteiger partial charge on any atom is 2.00 e. The van der Waals surface area contributed by atoms with Crippen LogP contribution in [0.4, 0.5) is 11.4 Å². The Morgan fingerprint density at radius 2 is 0.970 bits per heavy atom. The Bertz CT molecular complexity index is 913. The van der Waals surface area contributed by atoms with Gasteiger partial charge in [-0.1, -0.05) is 105 Å². The smallest absolute Gasteiger partial charge is 0.251 e. The monoisotopic (exact) mass is 490 g/mol. The molecule has 0 heterocycles. The van der Waals surface area contributed by atoms with Crippen molar-refractivity contribution in [3.05, 3.63) is 58.7 Å². The quantitative estimate of drug-likeness (QED) is 0.246. The molecule has 0 aliphatic heterocycles. The van der Waals surface area contributed by atoms with E-state index < -0.39 is 0 Å². The van der Waals surface area contributed by atoms with Crippen LogP contribution in [0.2, 0.25) is 0 Å². The summed E-state index contributed by atoms with van der Waals surface area (Å²) in [4.78, 5) is 10.6. The van der Waals surface area contributed by atoms with E-state index in [4.69, 9.17) is 9.98 Å². The summed E-state index contributed by atoms with van der Waals surface area (Å²) in [6, 6.07) is 13.3. The van der Waals surface area contributed by atoms with Gasteiger partial charge in [0.15, 0.2) is 0 Å². The second-order valence-corrected chi connectivity index (χ2v) is 10.2. The van der Waals surface area contributed by atoms with Gasteiger partial charge in [0.1, 0.15) is 0 Å². The van der Waals surface area contributed by atoms with E-state index in [0.717, 1.165) is 35.6 Å². The van der Waals surface area contributed by atoms with Gasteiger partial charge in [0.25, 0.3) is 0 Å². The maximum atomic E-state index is 5.32. The zero-order valence-electron chi connectivity index (χ0n) is 22.4. The van der Waals surface area contributed by atoms with Crippen molar-refractivity contribution in [2.24, 2.45) is 9.98 Å². The maximum absolute atomic E-state index is 5.32. The van der Waals surface area contributed by atoms with Gasteiger partial charge in [-0.3, -0.25) is 9.98 Å². The summed E-state index contributed by atoms with van der Waals surface area (Å²) in [6.07, 6.45) is 1.98. The molecule has 0 fully saturated rings. The topological polar surface area (TPSA) is 24.7 Å². The van der Waals surface area contributed by atoms with Crippen molar-refractivity contribution in [3.63, 3.8) is 0 Å².